The molecule has 3 aromatic rings. The molecular formula is C19H24N4. The fraction of sp³-hybridized carbons (Fsp3) is 0.368. The van der Waals surface area contributed by atoms with E-state index in [1.165, 1.54) is 11.1 Å². The van der Waals surface area contributed by atoms with Crippen molar-refractivity contribution in [1.82, 2.24) is 14.5 Å². The lowest BCUT2D eigenvalue weighted by molar-refractivity contribution is 0.738. The van der Waals surface area contributed by atoms with Gasteiger partial charge in [0, 0.05) is 23.8 Å². The van der Waals surface area contributed by atoms with E-state index >= 15 is 0 Å². The molecule has 0 aliphatic heterocycles. The summed E-state index contributed by atoms with van der Waals surface area (Å²) in [6.45, 7) is 8.28. The van der Waals surface area contributed by atoms with E-state index in [2.05, 4.69) is 48.7 Å². The van der Waals surface area contributed by atoms with Crippen LogP contribution in [0.4, 0.5) is 0 Å². The lowest BCUT2D eigenvalue weighted by Gasteiger charge is -2.10. The van der Waals surface area contributed by atoms with Crippen LogP contribution in [-0.2, 0) is 12.8 Å². The predicted octanol–water partition coefficient (Wildman–Crippen LogP) is 3.49. The molecule has 1 unspecified atom stereocenters. The molecule has 0 bridgehead atoms. The van der Waals surface area contributed by atoms with Gasteiger partial charge < -0.3 is 5.73 Å². The molecule has 4 nitrogen and oxygen atoms in total. The molecule has 120 valence electrons. The first-order valence-corrected chi connectivity index (χ1v) is 8.20. The van der Waals surface area contributed by atoms with Gasteiger partial charge in [-0.1, -0.05) is 19.1 Å². The van der Waals surface area contributed by atoms with Crippen molar-refractivity contribution in [2.45, 2.75) is 46.6 Å². The van der Waals surface area contributed by atoms with Gasteiger partial charge in [-0.25, -0.2) is 9.97 Å². The fourth-order valence-corrected chi connectivity index (χ4v) is 3.07. The summed E-state index contributed by atoms with van der Waals surface area (Å²) in [7, 11) is 0. The molecule has 1 aromatic carbocycles. The topological polar surface area (TPSA) is 56.7 Å². The standard InChI is InChI=1S/C19H24N4/c1-5-17-22-18-12(2)10-14(4)21-19(18)23(17)16-8-6-15(7-9-16)11-13(3)20/h6-10,13H,5,11,20H2,1-4H3. The first kappa shape index (κ1) is 15.7. The molecule has 2 aromatic heterocycles. The number of nitrogens with two attached hydrogens (primary N) is 1. The van der Waals surface area contributed by atoms with Crippen molar-refractivity contribution in [2.75, 3.05) is 0 Å². The van der Waals surface area contributed by atoms with Crippen molar-refractivity contribution in [1.29, 1.82) is 0 Å². The van der Waals surface area contributed by atoms with E-state index in [4.69, 9.17) is 15.7 Å². The molecular weight excluding hydrogens is 284 g/mol. The second-order valence-electron chi connectivity index (χ2n) is 6.32. The van der Waals surface area contributed by atoms with Crippen LogP contribution in [0.1, 0.15) is 36.5 Å². The normalized spacial score (nSPS) is 12.7. The number of benzene rings is 1. The summed E-state index contributed by atoms with van der Waals surface area (Å²) in [6.07, 6.45) is 1.76. The van der Waals surface area contributed by atoms with Gasteiger partial charge in [0.15, 0.2) is 5.65 Å². The molecule has 0 aliphatic rings. The molecule has 2 N–H and O–H groups in total. The molecule has 3 rings (SSSR count). The zero-order valence-electron chi connectivity index (χ0n) is 14.3. The van der Waals surface area contributed by atoms with Gasteiger partial charge in [-0.3, -0.25) is 4.57 Å². The van der Waals surface area contributed by atoms with Gasteiger partial charge in [-0.2, -0.15) is 0 Å². The highest BCUT2D eigenvalue weighted by Gasteiger charge is 2.14. The summed E-state index contributed by atoms with van der Waals surface area (Å²) in [5.74, 6) is 1.04. The maximum absolute atomic E-state index is 5.89. The SMILES string of the molecule is CCc1nc2c(C)cc(C)nc2n1-c1ccc(CC(C)N)cc1. The van der Waals surface area contributed by atoms with Gasteiger partial charge in [-0.15, -0.1) is 0 Å². The van der Waals surface area contributed by atoms with E-state index in [1.54, 1.807) is 0 Å². The maximum Gasteiger partial charge on any atom is 0.165 e. The van der Waals surface area contributed by atoms with Crippen molar-refractivity contribution < 1.29 is 0 Å². The van der Waals surface area contributed by atoms with Crippen LogP contribution in [0.15, 0.2) is 30.3 Å². The maximum atomic E-state index is 5.89. The molecule has 0 saturated carbocycles. The van der Waals surface area contributed by atoms with Crippen molar-refractivity contribution >= 4 is 11.2 Å². The number of rotatable bonds is 4. The Morgan fingerprint density at radius 1 is 1.13 bits per heavy atom. The lowest BCUT2D eigenvalue weighted by atomic mass is 10.1. The Bertz CT molecular complexity index is 829. The Morgan fingerprint density at radius 2 is 1.83 bits per heavy atom. The highest BCUT2D eigenvalue weighted by molar-refractivity contribution is 5.78. The number of hydrogen-bond acceptors (Lipinski definition) is 3. The minimum absolute atomic E-state index is 0.174. The average Bonchev–Trinajstić information content (AvgIpc) is 2.86. The van der Waals surface area contributed by atoms with Gasteiger partial charge in [0.25, 0.3) is 0 Å². The summed E-state index contributed by atoms with van der Waals surface area (Å²) >= 11 is 0. The largest absolute Gasteiger partial charge is 0.328 e. The third-order valence-electron chi connectivity index (χ3n) is 4.07. The summed E-state index contributed by atoms with van der Waals surface area (Å²) < 4.78 is 2.17. The van der Waals surface area contributed by atoms with Gasteiger partial charge in [0.05, 0.1) is 0 Å². The Hall–Kier alpha value is -2.20. The van der Waals surface area contributed by atoms with Gasteiger partial charge in [0.1, 0.15) is 11.3 Å². The van der Waals surface area contributed by atoms with E-state index < -0.39 is 0 Å². The van der Waals surface area contributed by atoms with Crippen LogP contribution in [0.25, 0.3) is 16.9 Å². The summed E-state index contributed by atoms with van der Waals surface area (Å²) in [6, 6.07) is 10.8. The number of pyridine rings is 1. The molecule has 0 fully saturated rings. The number of imidazole rings is 1. The predicted molar refractivity (Wildman–Crippen MR) is 95.1 cm³/mol. The van der Waals surface area contributed by atoms with Gasteiger partial charge in [0.2, 0.25) is 0 Å². The van der Waals surface area contributed by atoms with Crippen LogP contribution in [0.3, 0.4) is 0 Å². The summed E-state index contributed by atoms with van der Waals surface area (Å²) in [5, 5.41) is 0. The number of aryl methyl sites for hydroxylation is 3. The van der Waals surface area contributed by atoms with Crippen LogP contribution in [0.2, 0.25) is 0 Å². The zero-order valence-corrected chi connectivity index (χ0v) is 14.3. The Balaban J connectivity index is 2.14. The van der Waals surface area contributed by atoms with E-state index in [9.17, 15) is 0 Å². The molecule has 2 heterocycles. The fourth-order valence-electron chi connectivity index (χ4n) is 3.07. The summed E-state index contributed by atoms with van der Waals surface area (Å²) in [4.78, 5) is 9.53. The molecule has 4 heteroatoms. The van der Waals surface area contributed by atoms with Crippen LogP contribution in [0.5, 0.6) is 0 Å². The van der Waals surface area contributed by atoms with Crippen molar-refractivity contribution in [3.63, 3.8) is 0 Å². The number of nitrogens with zero attached hydrogens (tertiary/aromatic N) is 3. The van der Waals surface area contributed by atoms with Crippen LogP contribution in [0, 0.1) is 13.8 Å². The highest BCUT2D eigenvalue weighted by atomic mass is 15.1. The molecule has 0 aliphatic carbocycles. The quantitative estimate of drug-likeness (QED) is 0.802. The molecule has 0 amide bonds. The number of fused-ring (bicyclic) bond motifs is 1. The Labute approximate surface area is 137 Å². The molecule has 1 atom stereocenters. The van der Waals surface area contributed by atoms with Gasteiger partial charge >= 0.3 is 0 Å². The first-order chi connectivity index (χ1) is 11.0. The van der Waals surface area contributed by atoms with E-state index in [1.807, 2.05) is 13.8 Å². The highest BCUT2D eigenvalue weighted by Crippen LogP contribution is 2.24. The zero-order chi connectivity index (χ0) is 16.6. The van der Waals surface area contributed by atoms with Crippen molar-refractivity contribution in [3.8, 4) is 5.69 Å². The van der Waals surface area contributed by atoms with E-state index in [0.29, 0.717) is 0 Å². The minimum Gasteiger partial charge on any atom is -0.328 e. The van der Waals surface area contributed by atoms with Crippen LogP contribution < -0.4 is 5.73 Å². The Kier molecular flexibility index (Phi) is 4.18. The van der Waals surface area contributed by atoms with Crippen molar-refractivity contribution in [3.05, 3.63) is 53.0 Å². The molecule has 23 heavy (non-hydrogen) atoms. The van der Waals surface area contributed by atoms with Crippen molar-refractivity contribution in [2.24, 2.45) is 5.73 Å². The average molecular weight is 308 g/mol. The van der Waals surface area contributed by atoms with Gasteiger partial charge in [-0.05, 0) is 56.5 Å². The minimum atomic E-state index is 0.174. The molecule has 0 saturated heterocycles. The third-order valence-corrected chi connectivity index (χ3v) is 4.07. The Morgan fingerprint density at radius 3 is 2.43 bits per heavy atom. The second kappa shape index (κ2) is 6.13. The lowest BCUT2D eigenvalue weighted by Crippen LogP contribution is -2.17. The molecule has 0 radical (unpaired) electrons. The smallest absolute Gasteiger partial charge is 0.165 e. The van der Waals surface area contributed by atoms with E-state index in [0.717, 1.165) is 41.2 Å². The number of hydrogen-bond donors (Lipinski definition) is 1. The van der Waals surface area contributed by atoms with Crippen LogP contribution in [-0.4, -0.2) is 20.6 Å². The first-order valence-electron chi connectivity index (χ1n) is 8.20. The van der Waals surface area contributed by atoms with Crippen LogP contribution >= 0.6 is 0 Å². The second-order valence-corrected chi connectivity index (χ2v) is 6.32. The molecule has 0 spiro atoms. The number of aromatic nitrogens is 3. The monoisotopic (exact) mass is 308 g/mol. The van der Waals surface area contributed by atoms with E-state index in [-0.39, 0.29) is 6.04 Å². The summed E-state index contributed by atoms with van der Waals surface area (Å²) in [5.41, 5.74) is 12.4. The third kappa shape index (κ3) is 2.99.